The van der Waals surface area contributed by atoms with Crippen LogP contribution in [-0.4, -0.2) is 25.1 Å². The number of fused-ring (bicyclic) bond motifs is 2. The number of nitrogens with zero attached hydrogens (tertiary/aromatic N) is 2. The number of ether oxygens (including phenoxy) is 2. The Morgan fingerprint density at radius 2 is 1.88 bits per heavy atom. The molecule has 5 rings (SSSR count). The predicted molar refractivity (Wildman–Crippen MR) is 120 cm³/mol. The molecule has 4 aromatic rings. The van der Waals surface area contributed by atoms with Gasteiger partial charge >= 0.3 is 0 Å². The monoisotopic (exact) mass is 448 g/mol. The quantitative estimate of drug-likeness (QED) is 0.453. The van der Waals surface area contributed by atoms with Crippen molar-refractivity contribution in [1.29, 1.82) is 0 Å². The van der Waals surface area contributed by atoms with Gasteiger partial charge in [0.1, 0.15) is 28.9 Å². The van der Waals surface area contributed by atoms with E-state index in [-0.39, 0.29) is 22.3 Å². The number of halogens is 1. The van der Waals surface area contributed by atoms with Gasteiger partial charge in [-0.15, -0.1) is 0 Å². The van der Waals surface area contributed by atoms with Crippen LogP contribution in [0.1, 0.15) is 27.7 Å². The van der Waals surface area contributed by atoms with E-state index in [0.717, 1.165) is 0 Å². The molecule has 1 aliphatic rings. The van der Waals surface area contributed by atoms with Gasteiger partial charge in [-0.2, -0.15) is 0 Å². The van der Waals surface area contributed by atoms with Gasteiger partial charge in [0, 0.05) is 16.8 Å². The van der Waals surface area contributed by atoms with E-state index in [0.29, 0.717) is 33.3 Å². The molecule has 0 unspecified atom stereocenters. The van der Waals surface area contributed by atoms with E-state index in [2.05, 4.69) is 4.98 Å². The molecule has 0 N–H and O–H groups in total. The maximum atomic E-state index is 13.6. The van der Waals surface area contributed by atoms with Crippen molar-refractivity contribution in [2.45, 2.75) is 6.04 Å². The number of methoxy groups -OCH3 is 2. The molecule has 0 saturated carbocycles. The molecule has 2 aromatic carbocycles. The van der Waals surface area contributed by atoms with Crippen molar-refractivity contribution in [2.24, 2.45) is 0 Å². The van der Waals surface area contributed by atoms with Gasteiger partial charge in [-0.25, -0.2) is 4.98 Å². The topological polar surface area (TPSA) is 81.9 Å². The Morgan fingerprint density at radius 1 is 1.03 bits per heavy atom. The van der Waals surface area contributed by atoms with Crippen molar-refractivity contribution >= 4 is 34.3 Å². The highest BCUT2D eigenvalue weighted by Gasteiger charge is 2.45. The summed E-state index contributed by atoms with van der Waals surface area (Å²) in [6, 6.07) is 14.3. The summed E-state index contributed by atoms with van der Waals surface area (Å²) in [6.07, 6.45) is 1.58. The molecule has 32 heavy (non-hydrogen) atoms. The van der Waals surface area contributed by atoms with E-state index in [4.69, 9.17) is 25.5 Å². The second-order valence-electron chi connectivity index (χ2n) is 7.19. The zero-order valence-corrected chi connectivity index (χ0v) is 17.9. The van der Waals surface area contributed by atoms with Crippen LogP contribution in [0.25, 0.3) is 11.0 Å². The van der Waals surface area contributed by atoms with Crippen molar-refractivity contribution in [2.75, 3.05) is 19.1 Å². The van der Waals surface area contributed by atoms with Crippen LogP contribution >= 0.6 is 11.6 Å². The molecule has 7 nitrogen and oxygen atoms in total. The Bertz CT molecular complexity index is 1420. The number of pyridine rings is 1. The van der Waals surface area contributed by atoms with E-state index in [1.807, 2.05) is 0 Å². The molecule has 2 aromatic heterocycles. The highest BCUT2D eigenvalue weighted by atomic mass is 35.5. The molecule has 8 heteroatoms. The number of anilines is 1. The van der Waals surface area contributed by atoms with Gasteiger partial charge in [-0.05, 0) is 48.5 Å². The smallest absolute Gasteiger partial charge is 0.296 e. The Kier molecular flexibility index (Phi) is 4.83. The highest BCUT2D eigenvalue weighted by molar-refractivity contribution is 6.31. The minimum absolute atomic E-state index is 0.0367. The van der Waals surface area contributed by atoms with E-state index < -0.39 is 11.9 Å². The molecule has 0 saturated heterocycles. The SMILES string of the molecule is COc1ccc(OC)c([C@@H]2c3c(oc4ccc(Cl)cc4c3=O)C(=O)N2c2ccccn2)c1. The van der Waals surface area contributed by atoms with Gasteiger partial charge < -0.3 is 13.9 Å². The fourth-order valence-electron chi connectivity index (χ4n) is 4.02. The van der Waals surface area contributed by atoms with Crippen molar-refractivity contribution in [1.82, 2.24) is 4.98 Å². The first kappa shape index (κ1) is 20.1. The van der Waals surface area contributed by atoms with Crippen LogP contribution in [0, 0.1) is 0 Å². The third-order valence-corrected chi connectivity index (χ3v) is 5.69. The Hall–Kier alpha value is -3.84. The standard InChI is InChI=1S/C24H17ClN2O5/c1-30-14-7-9-17(31-2)15(12-14)21-20-22(28)16-11-13(25)6-8-18(16)32-23(20)24(29)27(21)19-5-3-4-10-26-19/h3-12,21H,1-2H3/t21-/m1/s1. The van der Waals surface area contributed by atoms with Crippen LogP contribution in [0.2, 0.25) is 5.02 Å². The van der Waals surface area contributed by atoms with Gasteiger partial charge in [0.25, 0.3) is 5.91 Å². The summed E-state index contributed by atoms with van der Waals surface area (Å²) in [6.45, 7) is 0. The van der Waals surface area contributed by atoms with Gasteiger partial charge in [0.05, 0.1) is 25.2 Å². The summed E-state index contributed by atoms with van der Waals surface area (Å²) in [7, 11) is 3.07. The second-order valence-corrected chi connectivity index (χ2v) is 7.62. The molecule has 1 amide bonds. The van der Waals surface area contributed by atoms with Crippen LogP contribution < -0.4 is 19.8 Å². The number of carbonyl (C=O) groups is 1. The first-order chi connectivity index (χ1) is 15.5. The Balaban J connectivity index is 1.86. The van der Waals surface area contributed by atoms with Crippen LogP contribution in [0.3, 0.4) is 0 Å². The molecule has 0 radical (unpaired) electrons. The molecular formula is C24H17ClN2O5. The summed E-state index contributed by atoms with van der Waals surface area (Å²) in [5, 5.41) is 0.685. The van der Waals surface area contributed by atoms with Crippen LogP contribution in [-0.2, 0) is 0 Å². The molecule has 160 valence electrons. The van der Waals surface area contributed by atoms with Gasteiger partial charge in [-0.1, -0.05) is 17.7 Å². The van der Waals surface area contributed by atoms with Crippen molar-refractivity contribution < 1.29 is 18.7 Å². The van der Waals surface area contributed by atoms with E-state index in [9.17, 15) is 9.59 Å². The summed E-state index contributed by atoms with van der Waals surface area (Å²) in [5.41, 5.74) is 0.705. The zero-order valence-electron chi connectivity index (χ0n) is 17.2. The summed E-state index contributed by atoms with van der Waals surface area (Å²) >= 11 is 6.13. The minimum atomic E-state index is -0.836. The molecule has 0 bridgehead atoms. The van der Waals surface area contributed by atoms with Gasteiger partial charge in [0.15, 0.2) is 5.43 Å². The van der Waals surface area contributed by atoms with Crippen LogP contribution in [0.5, 0.6) is 11.5 Å². The predicted octanol–water partition coefficient (Wildman–Crippen LogP) is 4.61. The Labute approximate surface area is 187 Å². The van der Waals surface area contributed by atoms with E-state index >= 15 is 0 Å². The van der Waals surface area contributed by atoms with E-state index in [1.54, 1.807) is 61.8 Å². The van der Waals surface area contributed by atoms with Crippen LogP contribution in [0.4, 0.5) is 5.82 Å². The first-order valence-electron chi connectivity index (χ1n) is 9.76. The van der Waals surface area contributed by atoms with Crippen molar-refractivity contribution in [3.8, 4) is 11.5 Å². The number of amides is 1. The van der Waals surface area contributed by atoms with Gasteiger partial charge in [0.2, 0.25) is 5.76 Å². The maximum Gasteiger partial charge on any atom is 0.296 e. The van der Waals surface area contributed by atoms with Crippen LogP contribution in [0.15, 0.2) is 70.0 Å². The summed E-state index contributed by atoms with van der Waals surface area (Å²) in [4.78, 5) is 33.0. The minimum Gasteiger partial charge on any atom is -0.497 e. The number of carbonyl (C=O) groups excluding carboxylic acids is 1. The molecule has 0 spiro atoms. The average Bonchev–Trinajstić information content (AvgIpc) is 3.12. The number of hydrogen-bond donors (Lipinski definition) is 0. The zero-order chi connectivity index (χ0) is 22.4. The van der Waals surface area contributed by atoms with Crippen molar-refractivity contribution in [3.05, 3.63) is 92.9 Å². The number of rotatable bonds is 4. The molecule has 1 atom stereocenters. The molecule has 1 aliphatic heterocycles. The third-order valence-electron chi connectivity index (χ3n) is 5.46. The highest BCUT2D eigenvalue weighted by Crippen LogP contribution is 2.44. The number of benzene rings is 2. The number of aromatic nitrogens is 1. The third kappa shape index (κ3) is 3.01. The Morgan fingerprint density at radius 3 is 2.59 bits per heavy atom. The molecule has 0 fully saturated rings. The lowest BCUT2D eigenvalue weighted by Crippen LogP contribution is -2.30. The lowest BCUT2D eigenvalue weighted by molar-refractivity contribution is 0.0970. The fourth-order valence-corrected chi connectivity index (χ4v) is 4.20. The molecule has 3 heterocycles. The second kappa shape index (κ2) is 7.69. The number of hydrogen-bond acceptors (Lipinski definition) is 6. The van der Waals surface area contributed by atoms with Gasteiger partial charge in [-0.3, -0.25) is 14.5 Å². The molecular weight excluding hydrogens is 432 g/mol. The first-order valence-corrected chi connectivity index (χ1v) is 10.1. The lowest BCUT2D eigenvalue weighted by atomic mass is 9.97. The fraction of sp³-hybridized carbons (Fsp3) is 0.125. The lowest BCUT2D eigenvalue weighted by Gasteiger charge is -2.25. The summed E-state index contributed by atoms with van der Waals surface area (Å²) in [5.74, 6) is 0.909. The molecule has 0 aliphatic carbocycles. The van der Waals surface area contributed by atoms with E-state index in [1.165, 1.54) is 18.1 Å². The van der Waals surface area contributed by atoms with Crippen molar-refractivity contribution in [3.63, 3.8) is 0 Å². The largest absolute Gasteiger partial charge is 0.497 e. The summed E-state index contributed by atoms with van der Waals surface area (Å²) < 4.78 is 16.9. The normalized spacial score (nSPS) is 15.2. The maximum absolute atomic E-state index is 13.6. The average molecular weight is 449 g/mol.